The molecule has 0 radical (unpaired) electrons. The van der Waals surface area contributed by atoms with Crippen LogP contribution in [0.2, 0.25) is 0 Å². The zero-order valence-electron chi connectivity index (χ0n) is 14.9. The van der Waals surface area contributed by atoms with E-state index in [-0.39, 0.29) is 17.9 Å². The Kier molecular flexibility index (Phi) is 7.21. The summed E-state index contributed by atoms with van der Waals surface area (Å²) in [7, 11) is 0. The number of piperidine rings is 1. The molecule has 2 atom stereocenters. The van der Waals surface area contributed by atoms with Crippen LogP contribution in [-0.2, 0) is 17.9 Å². The van der Waals surface area contributed by atoms with Crippen molar-refractivity contribution in [3.05, 3.63) is 35.4 Å². The summed E-state index contributed by atoms with van der Waals surface area (Å²) in [5, 5.41) is 12.6. The van der Waals surface area contributed by atoms with Gasteiger partial charge in [0.05, 0.1) is 12.1 Å². The van der Waals surface area contributed by atoms with Gasteiger partial charge >= 0.3 is 0 Å². The number of nitrogens with one attached hydrogen (secondary N) is 1. The minimum atomic E-state index is -0.453. The second-order valence-corrected chi connectivity index (χ2v) is 6.91. The van der Waals surface area contributed by atoms with Gasteiger partial charge in [-0.15, -0.1) is 0 Å². The van der Waals surface area contributed by atoms with Crippen molar-refractivity contribution in [3.8, 4) is 0 Å². The second-order valence-electron chi connectivity index (χ2n) is 6.91. The predicted octanol–water partition coefficient (Wildman–Crippen LogP) is 1.63. The highest BCUT2D eigenvalue weighted by Crippen LogP contribution is 2.16. The van der Waals surface area contributed by atoms with Gasteiger partial charge in [0.2, 0.25) is 5.91 Å². The van der Waals surface area contributed by atoms with Crippen LogP contribution in [0, 0.1) is 5.92 Å². The van der Waals surface area contributed by atoms with Crippen molar-refractivity contribution in [1.82, 2.24) is 10.2 Å². The van der Waals surface area contributed by atoms with Gasteiger partial charge < -0.3 is 16.2 Å². The summed E-state index contributed by atoms with van der Waals surface area (Å²) in [4.78, 5) is 14.5. The van der Waals surface area contributed by atoms with Gasteiger partial charge in [0, 0.05) is 26.2 Å². The van der Waals surface area contributed by atoms with Crippen molar-refractivity contribution in [2.24, 2.45) is 11.7 Å². The quantitative estimate of drug-likeness (QED) is 0.709. The minimum absolute atomic E-state index is 0.0831. The molecular formula is C19H31N3O2. The van der Waals surface area contributed by atoms with Crippen LogP contribution in [-0.4, -0.2) is 41.1 Å². The van der Waals surface area contributed by atoms with Gasteiger partial charge in [-0.2, -0.15) is 0 Å². The van der Waals surface area contributed by atoms with E-state index in [1.807, 2.05) is 26.0 Å². The number of aliphatic hydroxyl groups excluding tert-OH is 1. The maximum absolute atomic E-state index is 12.2. The molecule has 1 fully saturated rings. The summed E-state index contributed by atoms with van der Waals surface area (Å²) in [6, 6.07) is 7.75. The van der Waals surface area contributed by atoms with E-state index in [1.165, 1.54) is 5.56 Å². The molecular weight excluding hydrogens is 302 g/mol. The van der Waals surface area contributed by atoms with Crippen molar-refractivity contribution in [3.63, 3.8) is 0 Å². The van der Waals surface area contributed by atoms with Gasteiger partial charge in [0.1, 0.15) is 0 Å². The van der Waals surface area contributed by atoms with Crippen LogP contribution in [0.3, 0.4) is 0 Å². The molecule has 1 saturated heterocycles. The highest BCUT2D eigenvalue weighted by atomic mass is 16.3. The summed E-state index contributed by atoms with van der Waals surface area (Å²) in [6.45, 7) is 7.25. The third kappa shape index (κ3) is 5.30. The Morgan fingerprint density at radius 1 is 1.33 bits per heavy atom. The first-order chi connectivity index (χ1) is 11.5. The molecule has 0 bridgehead atoms. The van der Waals surface area contributed by atoms with Crippen LogP contribution in [0.1, 0.15) is 44.2 Å². The summed E-state index contributed by atoms with van der Waals surface area (Å²) in [5.41, 5.74) is 8.35. The lowest BCUT2D eigenvalue weighted by Crippen LogP contribution is -2.44. The topological polar surface area (TPSA) is 78.6 Å². The molecule has 0 saturated carbocycles. The monoisotopic (exact) mass is 333 g/mol. The Hall–Kier alpha value is -1.43. The van der Waals surface area contributed by atoms with Crippen LogP contribution in [0.5, 0.6) is 0 Å². The molecule has 1 aromatic rings. The maximum Gasteiger partial charge on any atom is 0.237 e. The first kappa shape index (κ1) is 18.9. The summed E-state index contributed by atoms with van der Waals surface area (Å²) >= 11 is 0. The largest absolute Gasteiger partial charge is 0.393 e. The zero-order chi connectivity index (χ0) is 17.5. The molecule has 5 nitrogen and oxygen atoms in total. The highest BCUT2D eigenvalue weighted by molar-refractivity contribution is 5.81. The third-order valence-electron chi connectivity index (χ3n) is 5.08. The van der Waals surface area contributed by atoms with Crippen molar-refractivity contribution in [1.29, 1.82) is 0 Å². The highest BCUT2D eigenvalue weighted by Gasteiger charge is 2.20. The number of carbonyl (C=O) groups excluding carboxylic acids is 1. The van der Waals surface area contributed by atoms with E-state index in [0.29, 0.717) is 6.54 Å². The number of hydrogen-bond acceptors (Lipinski definition) is 4. The third-order valence-corrected chi connectivity index (χ3v) is 5.08. The smallest absolute Gasteiger partial charge is 0.237 e. The lowest BCUT2D eigenvalue weighted by molar-refractivity contribution is -0.123. The Balaban J connectivity index is 1.92. The Morgan fingerprint density at radius 2 is 1.96 bits per heavy atom. The maximum atomic E-state index is 12.2. The van der Waals surface area contributed by atoms with E-state index >= 15 is 0 Å². The number of benzene rings is 1. The van der Waals surface area contributed by atoms with Crippen molar-refractivity contribution < 1.29 is 9.90 Å². The number of aliphatic hydroxyl groups is 1. The number of carbonyl (C=O) groups is 1. The van der Waals surface area contributed by atoms with Gasteiger partial charge in [0.15, 0.2) is 0 Å². The average Bonchev–Trinajstić information content (AvgIpc) is 2.61. The molecule has 2 unspecified atom stereocenters. The molecule has 1 aromatic carbocycles. The average molecular weight is 333 g/mol. The first-order valence-electron chi connectivity index (χ1n) is 9.01. The van der Waals surface area contributed by atoms with E-state index < -0.39 is 6.04 Å². The summed E-state index contributed by atoms with van der Waals surface area (Å²) in [5.74, 6) is 0.0975. The van der Waals surface area contributed by atoms with E-state index in [2.05, 4.69) is 22.3 Å². The Labute approximate surface area is 145 Å². The molecule has 1 aliphatic heterocycles. The zero-order valence-corrected chi connectivity index (χ0v) is 14.9. The first-order valence-corrected chi connectivity index (χ1v) is 9.01. The number of likely N-dealkylation sites (tertiary alicyclic amines) is 1. The lowest BCUT2D eigenvalue weighted by Gasteiger charge is -2.30. The van der Waals surface area contributed by atoms with Crippen molar-refractivity contribution in [2.75, 3.05) is 13.1 Å². The van der Waals surface area contributed by atoms with E-state index in [0.717, 1.165) is 44.5 Å². The molecule has 4 N–H and O–H groups in total. The SMILES string of the molecule is CCC(C)C(N)C(=O)NCc1ccccc1CN1CCC(O)CC1. The van der Waals surface area contributed by atoms with Gasteiger partial charge in [-0.25, -0.2) is 0 Å². The number of hydrogen-bond donors (Lipinski definition) is 3. The van der Waals surface area contributed by atoms with Crippen LogP contribution < -0.4 is 11.1 Å². The minimum Gasteiger partial charge on any atom is -0.393 e. The molecule has 2 rings (SSSR count). The van der Waals surface area contributed by atoms with E-state index in [1.54, 1.807) is 0 Å². The Morgan fingerprint density at radius 3 is 2.58 bits per heavy atom. The molecule has 0 spiro atoms. The standard InChI is InChI=1S/C19H31N3O2/c1-3-14(2)18(20)19(24)21-12-15-6-4-5-7-16(15)13-22-10-8-17(23)9-11-22/h4-7,14,17-18,23H,3,8-13,20H2,1-2H3,(H,21,24). The van der Waals surface area contributed by atoms with Gasteiger partial charge in [-0.3, -0.25) is 9.69 Å². The van der Waals surface area contributed by atoms with Crippen molar-refractivity contribution in [2.45, 2.75) is 58.3 Å². The van der Waals surface area contributed by atoms with Gasteiger partial charge in [-0.1, -0.05) is 44.5 Å². The summed E-state index contributed by atoms with van der Waals surface area (Å²) < 4.78 is 0. The normalized spacial score (nSPS) is 19.0. The van der Waals surface area contributed by atoms with Crippen molar-refractivity contribution >= 4 is 5.91 Å². The summed E-state index contributed by atoms with van der Waals surface area (Å²) in [6.07, 6.45) is 2.41. The fraction of sp³-hybridized carbons (Fsp3) is 0.632. The molecule has 0 aromatic heterocycles. The molecule has 24 heavy (non-hydrogen) atoms. The molecule has 1 heterocycles. The van der Waals surface area contributed by atoms with Crippen LogP contribution in [0.25, 0.3) is 0 Å². The van der Waals surface area contributed by atoms with Crippen LogP contribution in [0.15, 0.2) is 24.3 Å². The lowest BCUT2D eigenvalue weighted by atomic mass is 9.99. The van der Waals surface area contributed by atoms with E-state index in [9.17, 15) is 9.90 Å². The molecule has 5 heteroatoms. The van der Waals surface area contributed by atoms with Crippen LogP contribution in [0.4, 0.5) is 0 Å². The predicted molar refractivity (Wildman–Crippen MR) is 96.2 cm³/mol. The second kappa shape index (κ2) is 9.16. The van der Waals surface area contributed by atoms with E-state index in [4.69, 9.17) is 5.73 Å². The Bertz CT molecular complexity index is 527. The fourth-order valence-corrected chi connectivity index (χ4v) is 3.02. The van der Waals surface area contributed by atoms with Gasteiger partial charge in [-0.05, 0) is 29.9 Å². The molecule has 1 amide bonds. The number of nitrogens with two attached hydrogens (primary N) is 1. The number of nitrogens with zero attached hydrogens (tertiary/aromatic N) is 1. The molecule has 134 valence electrons. The molecule has 1 aliphatic rings. The number of amides is 1. The van der Waals surface area contributed by atoms with Gasteiger partial charge in [0.25, 0.3) is 0 Å². The molecule has 0 aliphatic carbocycles. The fourth-order valence-electron chi connectivity index (χ4n) is 3.02. The van der Waals surface area contributed by atoms with Crippen LogP contribution >= 0.6 is 0 Å². The number of rotatable bonds is 7.